The van der Waals surface area contributed by atoms with Gasteiger partial charge in [0, 0.05) is 0 Å². The van der Waals surface area contributed by atoms with Crippen molar-refractivity contribution in [1.29, 1.82) is 0 Å². The van der Waals surface area contributed by atoms with Gasteiger partial charge in [-0.05, 0) is 69.6 Å². The first-order valence-electron chi connectivity index (χ1n) is 20.1. The molecule has 0 aromatic carbocycles. The third kappa shape index (κ3) is 20.3. The molecule has 47 heavy (non-hydrogen) atoms. The Morgan fingerprint density at radius 3 is 0.872 bits per heavy atom. The summed E-state index contributed by atoms with van der Waals surface area (Å²) in [7, 11) is 1.50. The van der Waals surface area contributed by atoms with E-state index in [1.54, 1.807) is 0 Å². The number of esters is 1. The van der Waals surface area contributed by atoms with E-state index in [2.05, 4.69) is 12.2 Å². The molecule has 2 unspecified atom stereocenters. The molecule has 0 aliphatic heterocycles. The second kappa shape index (κ2) is 27.0. The Morgan fingerprint density at radius 2 is 0.681 bits per heavy atom. The highest BCUT2D eigenvalue weighted by atomic mass is 16.5. The quantitative estimate of drug-likeness (QED) is 0.231. The summed E-state index contributed by atoms with van der Waals surface area (Å²) in [6.07, 6.45) is 41.1. The van der Waals surface area contributed by atoms with Crippen molar-refractivity contribution in [2.45, 2.75) is 193 Å². The van der Waals surface area contributed by atoms with Gasteiger partial charge in [0.25, 0.3) is 0 Å². The van der Waals surface area contributed by atoms with Crippen molar-refractivity contribution in [1.82, 2.24) is 0 Å². The molecule has 0 amide bonds. The molecule has 5 aliphatic rings. The van der Waals surface area contributed by atoms with Gasteiger partial charge in [-0.2, -0.15) is 0 Å². The number of allylic oxidation sites excluding steroid dienone is 2. The maximum absolute atomic E-state index is 11.4. The number of methoxy groups -OCH3 is 1. The lowest BCUT2D eigenvalue weighted by Gasteiger charge is -2.15. The van der Waals surface area contributed by atoms with Gasteiger partial charge in [0.15, 0.2) is 0 Å². The minimum Gasteiger partial charge on any atom is -0.481 e. The van der Waals surface area contributed by atoms with Crippen molar-refractivity contribution in [3.05, 3.63) is 12.2 Å². The van der Waals surface area contributed by atoms with E-state index in [4.69, 9.17) is 14.9 Å². The number of rotatable bonds is 3. The summed E-state index contributed by atoms with van der Waals surface area (Å²) in [6.45, 7) is 0. The molecule has 0 aromatic heterocycles. The first-order chi connectivity index (χ1) is 22.9. The molecule has 2 N–H and O–H groups in total. The minimum absolute atomic E-state index is 0.00516. The topological polar surface area (TPSA) is 101 Å². The highest BCUT2D eigenvalue weighted by molar-refractivity contribution is 5.72. The molecule has 272 valence electrons. The van der Waals surface area contributed by atoms with E-state index in [1.165, 1.54) is 136 Å². The molecular weight excluding hydrogens is 588 g/mol. The molecule has 4 saturated carbocycles. The van der Waals surface area contributed by atoms with E-state index >= 15 is 0 Å². The maximum atomic E-state index is 11.4. The normalized spacial score (nSPS) is 25.6. The average molecular weight is 661 g/mol. The van der Waals surface area contributed by atoms with E-state index in [0.29, 0.717) is 0 Å². The van der Waals surface area contributed by atoms with Crippen LogP contribution in [0.4, 0.5) is 0 Å². The number of carbonyl (C=O) groups excluding carboxylic acids is 1. The Morgan fingerprint density at radius 1 is 0.426 bits per heavy atom. The van der Waals surface area contributed by atoms with Crippen molar-refractivity contribution < 1.29 is 29.3 Å². The number of hydrogen-bond donors (Lipinski definition) is 2. The summed E-state index contributed by atoms with van der Waals surface area (Å²) in [4.78, 5) is 33.0. The summed E-state index contributed by atoms with van der Waals surface area (Å²) in [5, 5.41) is 17.8. The SMILES string of the molecule is C1=CC2CCC1C2.COC(=O)C1CCCCCCCCC1.O=C(O)C1CCCCCCCCC1.O=C(O)C1CCCCCCCCC1. The van der Waals surface area contributed by atoms with Gasteiger partial charge in [-0.15, -0.1) is 0 Å². The van der Waals surface area contributed by atoms with Crippen molar-refractivity contribution in [2.24, 2.45) is 29.6 Å². The Bertz CT molecular complexity index is 775. The van der Waals surface area contributed by atoms with Crippen molar-refractivity contribution in [2.75, 3.05) is 7.11 Å². The van der Waals surface area contributed by atoms with Gasteiger partial charge in [-0.25, -0.2) is 0 Å². The van der Waals surface area contributed by atoms with Gasteiger partial charge in [-0.1, -0.05) is 147 Å². The summed E-state index contributed by atoms with van der Waals surface area (Å²) >= 11 is 0. The van der Waals surface area contributed by atoms with Crippen LogP contribution in [0.1, 0.15) is 193 Å². The molecule has 0 radical (unpaired) electrons. The van der Waals surface area contributed by atoms with Crippen molar-refractivity contribution >= 4 is 17.9 Å². The number of carboxylic acids is 2. The van der Waals surface area contributed by atoms with Crippen LogP contribution < -0.4 is 0 Å². The molecular formula is C41H72O6. The number of aliphatic carboxylic acids is 2. The number of carboxylic acid groups (broad SMARTS) is 2. The van der Waals surface area contributed by atoms with Crippen molar-refractivity contribution in [3.8, 4) is 0 Å². The fourth-order valence-electron chi connectivity index (χ4n) is 8.04. The highest BCUT2D eigenvalue weighted by Crippen LogP contribution is 2.38. The zero-order chi connectivity index (χ0) is 34.0. The lowest BCUT2D eigenvalue weighted by atomic mass is 9.92. The monoisotopic (exact) mass is 661 g/mol. The van der Waals surface area contributed by atoms with Crippen LogP contribution in [0, 0.1) is 29.6 Å². The molecule has 0 heterocycles. The summed E-state index contributed by atoms with van der Waals surface area (Å²) in [5.41, 5.74) is 0. The lowest BCUT2D eigenvalue weighted by molar-refractivity contribution is -0.146. The number of carbonyl (C=O) groups is 3. The van der Waals surface area contributed by atoms with Gasteiger partial charge in [-0.3, -0.25) is 14.4 Å². The highest BCUT2D eigenvalue weighted by Gasteiger charge is 2.25. The predicted octanol–water partition coefficient (Wildman–Crippen LogP) is 11.7. The van der Waals surface area contributed by atoms with Gasteiger partial charge >= 0.3 is 17.9 Å². The van der Waals surface area contributed by atoms with Crippen LogP contribution in [0.25, 0.3) is 0 Å². The van der Waals surface area contributed by atoms with E-state index in [9.17, 15) is 14.4 Å². The van der Waals surface area contributed by atoms with Gasteiger partial charge in [0.2, 0.25) is 0 Å². The maximum Gasteiger partial charge on any atom is 0.308 e. The minimum atomic E-state index is -0.583. The molecule has 4 fully saturated rings. The van der Waals surface area contributed by atoms with E-state index in [-0.39, 0.29) is 23.7 Å². The van der Waals surface area contributed by atoms with Gasteiger partial charge < -0.3 is 14.9 Å². The molecule has 5 rings (SSSR count). The summed E-state index contributed by atoms with van der Waals surface area (Å²) in [6, 6.07) is 0. The van der Waals surface area contributed by atoms with E-state index < -0.39 is 11.9 Å². The predicted molar refractivity (Wildman–Crippen MR) is 192 cm³/mol. The van der Waals surface area contributed by atoms with E-state index in [1.807, 2.05) is 0 Å². The molecule has 6 nitrogen and oxygen atoms in total. The molecule has 5 aliphatic carbocycles. The Balaban J connectivity index is 0.000000222. The van der Waals surface area contributed by atoms with Crippen LogP contribution in [-0.4, -0.2) is 35.2 Å². The first-order valence-corrected chi connectivity index (χ1v) is 20.1. The third-order valence-electron chi connectivity index (χ3n) is 11.2. The lowest BCUT2D eigenvalue weighted by Crippen LogP contribution is -2.16. The Labute approximate surface area is 288 Å². The fourth-order valence-corrected chi connectivity index (χ4v) is 8.04. The largest absolute Gasteiger partial charge is 0.481 e. The van der Waals surface area contributed by atoms with Crippen LogP contribution in [0.2, 0.25) is 0 Å². The molecule has 2 bridgehead atoms. The third-order valence-corrected chi connectivity index (χ3v) is 11.2. The smallest absolute Gasteiger partial charge is 0.308 e. The van der Waals surface area contributed by atoms with Crippen LogP contribution in [0.3, 0.4) is 0 Å². The number of hydrogen-bond acceptors (Lipinski definition) is 4. The summed E-state index contributed by atoms with van der Waals surface area (Å²) in [5.74, 6) is 0.885. The molecule has 0 spiro atoms. The van der Waals surface area contributed by atoms with E-state index in [0.717, 1.165) is 76.0 Å². The summed E-state index contributed by atoms with van der Waals surface area (Å²) < 4.78 is 4.82. The molecule has 2 atom stereocenters. The van der Waals surface area contributed by atoms with Crippen LogP contribution in [0.15, 0.2) is 12.2 Å². The second-order valence-corrected chi connectivity index (χ2v) is 15.2. The van der Waals surface area contributed by atoms with Crippen LogP contribution >= 0.6 is 0 Å². The fraction of sp³-hybridized carbons (Fsp3) is 0.878. The van der Waals surface area contributed by atoms with Gasteiger partial charge in [0.05, 0.1) is 24.9 Å². The van der Waals surface area contributed by atoms with Crippen LogP contribution in [0.5, 0.6) is 0 Å². The molecule has 6 heteroatoms. The zero-order valence-corrected chi connectivity index (χ0v) is 30.3. The standard InChI is InChI=1S/C12H22O2.2C11H20O2.C7H10/c1-14-12(13)11-9-7-5-3-2-4-6-8-10-11;2*12-11(13)10-8-6-4-2-1-3-5-7-9-10;1-2-7-4-3-6(1)5-7/h11H,2-10H2,1H3;2*10H,1-9H2,(H,12,13);1-2,6-7H,3-5H2. The van der Waals surface area contributed by atoms with Crippen molar-refractivity contribution in [3.63, 3.8) is 0 Å². The molecule has 0 saturated heterocycles. The van der Waals surface area contributed by atoms with Gasteiger partial charge in [0.1, 0.15) is 0 Å². The second-order valence-electron chi connectivity index (χ2n) is 15.2. The van der Waals surface area contributed by atoms with Crippen LogP contribution in [-0.2, 0) is 19.1 Å². The number of ether oxygens (including phenoxy) is 1. The average Bonchev–Trinajstić information content (AvgIpc) is 3.75. The first kappa shape index (κ1) is 41.3. The zero-order valence-electron chi connectivity index (χ0n) is 30.3. The Kier molecular flexibility index (Phi) is 23.8. The molecule has 0 aromatic rings. The number of fused-ring (bicyclic) bond motifs is 2. The Hall–Kier alpha value is -1.85.